The molecule has 0 bridgehead atoms. The molecule has 4 nitrogen and oxygen atoms in total. The molecule has 0 amide bonds. The zero-order chi connectivity index (χ0) is 16.5. The van der Waals surface area contributed by atoms with Crippen molar-refractivity contribution in [1.29, 1.82) is 0 Å². The van der Waals surface area contributed by atoms with E-state index in [9.17, 15) is 0 Å². The lowest BCUT2D eigenvalue weighted by Gasteiger charge is -2.32. The normalized spacial score (nSPS) is 16.3. The van der Waals surface area contributed by atoms with Crippen LogP contribution < -0.4 is 10.6 Å². The second-order valence-corrected chi connectivity index (χ2v) is 6.34. The summed E-state index contributed by atoms with van der Waals surface area (Å²) in [5, 5.41) is 7.47. The number of hydrogen-bond donors (Lipinski definition) is 2. The van der Waals surface area contributed by atoms with Gasteiger partial charge in [0.2, 0.25) is 0 Å². The van der Waals surface area contributed by atoms with Crippen LogP contribution in [0, 0.1) is 5.92 Å². The highest BCUT2D eigenvalue weighted by Gasteiger charge is 2.19. The smallest absolute Gasteiger partial charge is 0.191 e. The minimum Gasteiger partial charge on any atom is -0.356 e. The van der Waals surface area contributed by atoms with Crippen molar-refractivity contribution in [2.45, 2.75) is 19.4 Å². The van der Waals surface area contributed by atoms with Crippen LogP contribution in [-0.2, 0) is 6.54 Å². The van der Waals surface area contributed by atoms with Crippen LogP contribution in [-0.4, -0.2) is 44.1 Å². The molecule has 1 aliphatic heterocycles. The number of aliphatic imine (C=N–C) groups is 1. The predicted octanol–water partition coefficient (Wildman–Crippen LogP) is 3.52. The Labute approximate surface area is 167 Å². The first kappa shape index (κ1) is 21.3. The molecule has 2 N–H and O–H groups in total. The molecule has 0 aromatic heterocycles. The van der Waals surface area contributed by atoms with E-state index in [1.165, 1.54) is 18.4 Å². The fourth-order valence-electron chi connectivity index (χ4n) is 2.85. The second-order valence-electron chi connectivity index (χ2n) is 5.93. The van der Waals surface area contributed by atoms with E-state index in [2.05, 4.69) is 39.2 Å². The molecule has 1 saturated heterocycles. The minimum atomic E-state index is 0. The molecule has 134 valence electrons. The third-order valence-electron chi connectivity index (χ3n) is 4.25. The van der Waals surface area contributed by atoms with Gasteiger partial charge in [-0.15, -0.1) is 30.6 Å². The SMILES string of the molecule is C=CCNC(=NC)NCC1CCN(Cc2ccccc2Cl)CC1.I. The van der Waals surface area contributed by atoms with Gasteiger partial charge in [0, 0.05) is 31.7 Å². The molecular weight excluding hydrogens is 435 g/mol. The lowest BCUT2D eigenvalue weighted by Crippen LogP contribution is -2.42. The molecular formula is C18H28ClIN4. The zero-order valence-corrected chi connectivity index (χ0v) is 17.4. The van der Waals surface area contributed by atoms with Gasteiger partial charge in [0.15, 0.2) is 5.96 Å². The summed E-state index contributed by atoms with van der Waals surface area (Å²) in [6.07, 6.45) is 4.24. The Hall–Kier alpha value is -0.790. The van der Waals surface area contributed by atoms with Crippen molar-refractivity contribution in [3.63, 3.8) is 0 Å². The number of likely N-dealkylation sites (tertiary alicyclic amines) is 1. The maximum atomic E-state index is 6.25. The second kappa shape index (κ2) is 11.7. The van der Waals surface area contributed by atoms with Gasteiger partial charge in [-0.25, -0.2) is 0 Å². The van der Waals surface area contributed by atoms with Crippen LogP contribution in [0.15, 0.2) is 41.9 Å². The lowest BCUT2D eigenvalue weighted by molar-refractivity contribution is 0.178. The summed E-state index contributed by atoms with van der Waals surface area (Å²) in [6, 6.07) is 8.12. The Morgan fingerprint density at radius 1 is 1.33 bits per heavy atom. The van der Waals surface area contributed by atoms with E-state index in [1.54, 1.807) is 7.05 Å². The van der Waals surface area contributed by atoms with Gasteiger partial charge in [0.05, 0.1) is 0 Å². The molecule has 1 aromatic rings. The third kappa shape index (κ3) is 6.99. The molecule has 6 heteroatoms. The van der Waals surface area contributed by atoms with Crippen LogP contribution in [0.25, 0.3) is 0 Å². The zero-order valence-electron chi connectivity index (χ0n) is 14.3. The first-order valence-electron chi connectivity index (χ1n) is 8.24. The van der Waals surface area contributed by atoms with Gasteiger partial charge in [-0.2, -0.15) is 0 Å². The maximum Gasteiger partial charge on any atom is 0.191 e. The highest BCUT2D eigenvalue weighted by molar-refractivity contribution is 14.0. The quantitative estimate of drug-likeness (QED) is 0.294. The number of rotatable bonds is 6. The summed E-state index contributed by atoms with van der Waals surface area (Å²) in [4.78, 5) is 6.70. The summed E-state index contributed by atoms with van der Waals surface area (Å²) in [7, 11) is 1.80. The van der Waals surface area contributed by atoms with E-state index < -0.39 is 0 Å². The molecule has 1 aliphatic rings. The van der Waals surface area contributed by atoms with Gasteiger partial charge in [-0.1, -0.05) is 35.9 Å². The molecule has 1 aromatic carbocycles. The number of piperidine rings is 1. The van der Waals surface area contributed by atoms with E-state index in [0.717, 1.165) is 43.7 Å². The Bertz CT molecular complexity index is 528. The average molecular weight is 463 g/mol. The topological polar surface area (TPSA) is 39.7 Å². The molecule has 2 rings (SSSR count). The summed E-state index contributed by atoms with van der Waals surface area (Å²) >= 11 is 6.25. The third-order valence-corrected chi connectivity index (χ3v) is 4.62. The highest BCUT2D eigenvalue weighted by atomic mass is 127. The number of guanidine groups is 1. The first-order valence-corrected chi connectivity index (χ1v) is 8.62. The van der Waals surface area contributed by atoms with Crippen molar-refractivity contribution in [3.05, 3.63) is 47.5 Å². The van der Waals surface area contributed by atoms with Crippen LogP contribution in [0.3, 0.4) is 0 Å². The van der Waals surface area contributed by atoms with Crippen molar-refractivity contribution in [3.8, 4) is 0 Å². The lowest BCUT2D eigenvalue weighted by atomic mass is 9.96. The number of hydrogen-bond acceptors (Lipinski definition) is 2. The standard InChI is InChI=1S/C18H27ClN4.HI/c1-3-10-21-18(20-2)22-13-15-8-11-23(12-9-15)14-16-6-4-5-7-17(16)19;/h3-7,15H,1,8-14H2,2H3,(H2,20,21,22);1H. The van der Waals surface area contributed by atoms with Gasteiger partial charge in [0.25, 0.3) is 0 Å². The van der Waals surface area contributed by atoms with Gasteiger partial charge in [-0.05, 0) is 43.5 Å². The van der Waals surface area contributed by atoms with Gasteiger partial charge in [0.1, 0.15) is 0 Å². The molecule has 1 heterocycles. The Balaban J connectivity index is 0.00000288. The van der Waals surface area contributed by atoms with Crippen molar-refractivity contribution >= 4 is 41.5 Å². The van der Waals surface area contributed by atoms with Crippen LogP contribution >= 0.6 is 35.6 Å². The van der Waals surface area contributed by atoms with Crippen LogP contribution in [0.1, 0.15) is 18.4 Å². The number of nitrogens with one attached hydrogen (secondary N) is 2. The Kier molecular flexibility index (Phi) is 10.4. The molecule has 0 radical (unpaired) electrons. The minimum absolute atomic E-state index is 0. The van der Waals surface area contributed by atoms with E-state index in [-0.39, 0.29) is 24.0 Å². The van der Waals surface area contributed by atoms with Gasteiger partial charge in [-0.3, -0.25) is 9.89 Å². The maximum absolute atomic E-state index is 6.25. The molecule has 0 spiro atoms. The van der Waals surface area contributed by atoms with E-state index in [1.807, 2.05) is 18.2 Å². The number of halogens is 2. The fourth-order valence-corrected chi connectivity index (χ4v) is 3.04. The van der Waals surface area contributed by atoms with Crippen LogP contribution in [0.4, 0.5) is 0 Å². The molecule has 1 fully saturated rings. The molecule has 24 heavy (non-hydrogen) atoms. The number of nitrogens with zero attached hydrogens (tertiary/aromatic N) is 2. The monoisotopic (exact) mass is 462 g/mol. The molecule has 0 saturated carbocycles. The van der Waals surface area contributed by atoms with Crippen molar-refractivity contribution < 1.29 is 0 Å². The van der Waals surface area contributed by atoms with E-state index >= 15 is 0 Å². The molecule has 0 aliphatic carbocycles. The van der Waals surface area contributed by atoms with Crippen molar-refractivity contribution in [2.24, 2.45) is 10.9 Å². The summed E-state index contributed by atoms with van der Waals surface area (Å²) in [5.74, 6) is 1.54. The summed E-state index contributed by atoms with van der Waals surface area (Å²) in [6.45, 7) is 8.60. The summed E-state index contributed by atoms with van der Waals surface area (Å²) < 4.78 is 0. The van der Waals surface area contributed by atoms with Gasteiger partial charge >= 0.3 is 0 Å². The van der Waals surface area contributed by atoms with Crippen molar-refractivity contribution in [1.82, 2.24) is 15.5 Å². The number of benzene rings is 1. The molecule has 0 unspecified atom stereocenters. The Morgan fingerprint density at radius 3 is 2.67 bits per heavy atom. The largest absolute Gasteiger partial charge is 0.356 e. The van der Waals surface area contributed by atoms with E-state index in [0.29, 0.717) is 5.92 Å². The fraction of sp³-hybridized carbons (Fsp3) is 0.500. The van der Waals surface area contributed by atoms with Crippen LogP contribution in [0.5, 0.6) is 0 Å². The summed E-state index contributed by atoms with van der Waals surface area (Å²) in [5.41, 5.74) is 1.22. The van der Waals surface area contributed by atoms with Crippen molar-refractivity contribution in [2.75, 3.05) is 33.2 Å². The molecule has 0 atom stereocenters. The average Bonchev–Trinajstić information content (AvgIpc) is 2.58. The highest BCUT2D eigenvalue weighted by Crippen LogP contribution is 2.21. The first-order chi connectivity index (χ1) is 11.2. The Morgan fingerprint density at radius 2 is 2.04 bits per heavy atom. The van der Waals surface area contributed by atoms with Gasteiger partial charge < -0.3 is 10.6 Å². The predicted molar refractivity (Wildman–Crippen MR) is 114 cm³/mol. The van der Waals surface area contributed by atoms with E-state index in [4.69, 9.17) is 11.6 Å². The van der Waals surface area contributed by atoms with Crippen LogP contribution in [0.2, 0.25) is 5.02 Å².